The second-order valence-corrected chi connectivity index (χ2v) is 7.03. The lowest BCUT2D eigenvalue weighted by atomic mass is 9.86. The molecule has 4 nitrogen and oxygen atoms in total. The molecule has 23 heavy (non-hydrogen) atoms. The largest absolute Gasteiger partial charge is 0.423 e. The number of halogens is 1. The number of benzene rings is 1. The number of nitrogens with one attached hydrogen (secondary N) is 1. The van der Waals surface area contributed by atoms with E-state index in [9.17, 15) is 9.18 Å². The molecule has 0 saturated heterocycles. The summed E-state index contributed by atoms with van der Waals surface area (Å²) in [7, 11) is 1.38. The molecule has 7 heteroatoms. The van der Waals surface area contributed by atoms with Crippen LogP contribution in [-0.2, 0) is 14.9 Å². The van der Waals surface area contributed by atoms with Crippen molar-refractivity contribution in [2.45, 2.75) is 31.1 Å². The first-order valence-corrected chi connectivity index (χ1v) is 7.79. The topological polar surface area (TPSA) is 51.3 Å². The number of ether oxygens (including phenoxy) is 2. The first kappa shape index (κ1) is 17.9. The zero-order chi connectivity index (χ0) is 17.4. The van der Waals surface area contributed by atoms with Crippen LogP contribution in [0.25, 0.3) is 10.9 Å². The van der Waals surface area contributed by atoms with Crippen molar-refractivity contribution >= 4 is 41.7 Å². The van der Waals surface area contributed by atoms with Gasteiger partial charge in [0.15, 0.2) is 5.75 Å². The Balaban J connectivity index is 2.76. The lowest BCUT2D eigenvalue weighted by Gasteiger charge is -2.21. The Morgan fingerprint density at radius 1 is 1.39 bits per heavy atom. The SMILES string of the molecule is COCC(=O)Oc1c(S)c(=S)[nH]c2c(F)cc(C(C)(C)C)cc12. The van der Waals surface area contributed by atoms with Gasteiger partial charge in [0.1, 0.15) is 17.1 Å². The maximum absolute atomic E-state index is 14.5. The molecule has 1 aromatic carbocycles. The molecule has 2 rings (SSSR count). The minimum absolute atomic E-state index is 0.138. The Morgan fingerprint density at radius 2 is 2.04 bits per heavy atom. The predicted molar refractivity (Wildman–Crippen MR) is 92.6 cm³/mol. The van der Waals surface area contributed by atoms with E-state index in [2.05, 4.69) is 17.6 Å². The van der Waals surface area contributed by atoms with E-state index in [0.717, 1.165) is 5.56 Å². The van der Waals surface area contributed by atoms with Crippen LogP contribution in [0.3, 0.4) is 0 Å². The molecule has 0 spiro atoms. The summed E-state index contributed by atoms with van der Waals surface area (Å²) in [5.74, 6) is -0.929. The number of hydrogen-bond acceptors (Lipinski definition) is 5. The fraction of sp³-hybridized carbons (Fsp3) is 0.375. The number of methoxy groups -OCH3 is 1. The second-order valence-electron chi connectivity index (χ2n) is 6.17. The molecule has 0 aliphatic carbocycles. The number of rotatable bonds is 3. The molecule has 0 atom stereocenters. The normalized spacial score (nSPS) is 11.7. The van der Waals surface area contributed by atoms with E-state index in [4.69, 9.17) is 21.7 Å². The molecule has 124 valence electrons. The first-order valence-electron chi connectivity index (χ1n) is 6.93. The number of carbonyl (C=O) groups excluding carboxylic acids is 1. The van der Waals surface area contributed by atoms with Gasteiger partial charge in [-0.25, -0.2) is 9.18 Å². The van der Waals surface area contributed by atoms with Gasteiger partial charge in [-0.2, -0.15) is 0 Å². The van der Waals surface area contributed by atoms with Crippen molar-refractivity contribution in [2.75, 3.05) is 13.7 Å². The number of esters is 1. The smallest absolute Gasteiger partial charge is 0.337 e. The van der Waals surface area contributed by atoms with Crippen LogP contribution in [0.2, 0.25) is 0 Å². The summed E-state index contributed by atoms with van der Waals surface area (Å²) in [4.78, 5) is 14.8. The van der Waals surface area contributed by atoms with Crippen molar-refractivity contribution in [1.29, 1.82) is 0 Å². The second kappa shape index (κ2) is 6.59. The van der Waals surface area contributed by atoms with Gasteiger partial charge in [0.25, 0.3) is 0 Å². The zero-order valence-corrected chi connectivity index (χ0v) is 15.0. The van der Waals surface area contributed by atoms with Gasteiger partial charge in [0.05, 0.1) is 10.4 Å². The molecule has 1 N–H and O–H groups in total. The maximum atomic E-state index is 14.5. The van der Waals surface area contributed by atoms with Gasteiger partial charge in [-0.3, -0.25) is 0 Å². The van der Waals surface area contributed by atoms with Gasteiger partial charge >= 0.3 is 5.97 Å². The van der Waals surface area contributed by atoms with Crippen molar-refractivity contribution in [3.8, 4) is 5.75 Å². The third-order valence-electron chi connectivity index (χ3n) is 3.35. The highest BCUT2D eigenvalue weighted by atomic mass is 32.1. The fourth-order valence-electron chi connectivity index (χ4n) is 2.11. The van der Waals surface area contributed by atoms with Crippen LogP contribution in [0.15, 0.2) is 17.0 Å². The third kappa shape index (κ3) is 3.73. The monoisotopic (exact) mass is 355 g/mol. The zero-order valence-electron chi connectivity index (χ0n) is 13.3. The molecule has 0 amide bonds. The average molecular weight is 355 g/mol. The third-order valence-corrected chi connectivity index (χ3v) is 4.23. The number of thiol groups is 1. The molecule has 0 unspecified atom stereocenters. The Bertz CT molecular complexity index is 825. The Hall–Kier alpha value is -1.44. The van der Waals surface area contributed by atoms with Crippen LogP contribution >= 0.6 is 24.8 Å². The number of carbonyl (C=O) groups is 1. The van der Waals surface area contributed by atoms with Crippen LogP contribution in [0.5, 0.6) is 5.75 Å². The summed E-state index contributed by atoms with van der Waals surface area (Å²) in [5, 5.41) is 0.415. The molecular weight excluding hydrogens is 337 g/mol. The fourth-order valence-corrected chi connectivity index (χ4v) is 2.53. The van der Waals surface area contributed by atoms with Gasteiger partial charge < -0.3 is 14.5 Å². The summed E-state index contributed by atoms with van der Waals surface area (Å²) >= 11 is 9.43. The van der Waals surface area contributed by atoms with Crippen LogP contribution in [0.1, 0.15) is 26.3 Å². The van der Waals surface area contributed by atoms with Crippen LogP contribution in [-0.4, -0.2) is 24.7 Å². The molecule has 0 saturated carbocycles. The molecule has 0 aliphatic rings. The summed E-state index contributed by atoms with van der Waals surface area (Å²) in [6, 6.07) is 3.23. The Morgan fingerprint density at radius 3 is 2.61 bits per heavy atom. The van der Waals surface area contributed by atoms with Gasteiger partial charge in [0, 0.05) is 12.5 Å². The molecule has 1 aromatic heterocycles. The minimum Gasteiger partial charge on any atom is -0.423 e. The quantitative estimate of drug-likeness (QED) is 0.493. The van der Waals surface area contributed by atoms with E-state index < -0.39 is 11.8 Å². The van der Waals surface area contributed by atoms with E-state index >= 15 is 0 Å². The number of aromatic nitrogens is 1. The van der Waals surface area contributed by atoms with Crippen LogP contribution in [0.4, 0.5) is 4.39 Å². The Kier molecular flexibility index (Phi) is 5.13. The average Bonchev–Trinajstić information content (AvgIpc) is 2.44. The van der Waals surface area contributed by atoms with Crippen molar-refractivity contribution in [1.82, 2.24) is 4.98 Å². The van der Waals surface area contributed by atoms with Gasteiger partial charge in [-0.05, 0) is 23.1 Å². The summed E-state index contributed by atoms with van der Waals surface area (Å²) in [5.41, 5.74) is 0.678. The molecule has 0 bridgehead atoms. The lowest BCUT2D eigenvalue weighted by Crippen LogP contribution is -2.16. The molecule has 0 radical (unpaired) electrons. The molecule has 0 fully saturated rings. The van der Waals surface area contributed by atoms with Crippen molar-refractivity contribution in [2.24, 2.45) is 0 Å². The van der Waals surface area contributed by atoms with Crippen LogP contribution in [0, 0.1) is 10.5 Å². The number of pyridine rings is 1. The van der Waals surface area contributed by atoms with Crippen molar-refractivity contribution in [3.63, 3.8) is 0 Å². The highest BCUT2D eigenvalue weighted by molar-refractivity contribution is 7.81. The maximum Gasteiger partial charge on any atom is 0.337 e. The van der Waals surface area contributed by atoms with Crippen molar-refractivity contribution < 1.29 is 18.7 Å². The molecular formula is C16H18FNO3S2. The number of H-pyrrole nitrogens is 1. The van der Waals surface area contributed by atoms with E-state index in [1.807, 2.05) is 20.8 Å². The van der Waals surface area contributed by atoms with E-state index in [0.29, 0.717) is 5.39 Å². The van der Waals surface area contributed by atoms with Gasteiger partial charge in [0.2, 0.25) is 0 Å². The number of aromatic amines is 1. The molecule has 1 heterocycles. The van der Waals surface area contributed by atoms with E-state index in [-0.39, 0.29) is 32.8 Å². The van der Waals surface area contributed by atoms with Gasteiger partial charge in [-0.1, -0.05) is 33.0 Å². The van der Waals surface area contributed by atoms with Crippen LogP contribution < -0.4 is 4.74 Å². The minimum atomic E-state index is -0.605. The standard InChI is InChI=1S/C16H18FNO3S2/c1-16(2,3)8-5-9-12(10(17)6-8)18-15(23)14(22)13(9)21-11(19)7-20-4/h5-6,22H,7H2,1-4H3,(H,18,23). The lowest BCUT2D eigenvalue weighted by molar-refractivity contribution is -0.138. The summed E-state index contributed by atoms with van der Waals surface area (Å²) in [6.07, 6.45) is 0. The van der Waals surface area contributed by atoms with Gasteiger partial charge in [-0.15, -0.1) is 12.6 Å². The highest BCUT2D eigenvalue weighted by Crippen LogP contribution is 2.36. The van der Waals surface area contributed by atoms with E-state index in [1.54, 1.807) is 6.07 Å². The number of fused-ring (bicyclic) bond motifs is 1. The molecule has 0 aliphatic heterocycles. The first-order chi connectivity index (χ1) is 10.6. The predicted octanol–water partition coefficient (Wildman–Crippen LogP) is 4.17. The summed E-state index contributed by atoms with van der Waals surface area (Å²) < 4.78 is 24.7. The highest BCUT2D eigenvalue weighted by Gasteiger charge is 2.21. The van der Waals surface area contributed by atoms with Crippen molar-refractivity contribution in [3.05, 3.63) is 28.2 Å². The number of hydrogen-bond donors (Lipinski definition) is 2. The van der Waals surface area contributed by atoms with E-state index in [1.165, 1.54) is 13.2 Å². The Labute approximate surface area is 144 Å². The summed E-state index contributed by atoms with van der Waals surface area (Å²) in [6.45, 7) is 5.69. The molecule has 2 aromatic rings.